The number of hydrogen-bond donors (Lipinski definition) is 1. The summed E-state index contributed by atoms with van der Waals surface area (Å²) in [6, 6.07) is 13.0. The van der Waals surface area contributed by atoms with Crippen LogP contribution in [-0.4, -0.2) is 30.7 Å². The maximum Gasteiger partial charge on any atom is 0.277 e. The zero-order chi connectivity index (χ0) is 18.1. The predicted molar refractivity (Wildman–Crippen MR) is 93.1 cm³/mol. The number of carbonyl (C=O) groups is 1. The molecule has 4 rings (SSSR count). The number of imidazole rings is 1. The molecule has 26 heavy (non-hydrogen) atoms. The normalized spacial score (nSPS) is 10.8. The minimum Gasteiger partial charge on any atom is -0.304 e. The van der Waals surface area contributed by atoms with Crippen LogP contribution in [0.25, 0.3) is 16.9 Å². The van der Waals surface area contributed by atoms with E-state index < -0.39 is 5.91 Å². The van der Waals surface area contributed by atoms with Crippen molar-refractivity contribution in [3.63, 3.8) is 0 Å². The number of fused-ring (bicyclic) bond motifs is 1. The number of carbonyl (C=O) groups excluding carboxylic acids is 1. The van der Waals surface area contributed by atoms with Crippen molar-refractivity contribution in [3.8, 4) is 11.3 Å². The van der Waals surface area contributed by atoms with E-state index >= 15 is 0 Å². The Labute approximate surface area is 147 Å². The van der Waals surface area contributed by atoms with Gasteiger partial charge in [-0.1, -0.05) is 12.1 Å². The predicted octanol–water partition coefficient (Wildman–Crippen LogP) is 2.89. The van der Waals surface area contributed by atoms with Crippen LogP contribution in [0.2, 0.25) is 0 Å². The van der Waals surface area contributed by atoms with Gasteiger partial charge in [-0.05, 0) is 43.3 Å². The fourth-order valence-electron chi connectivity index (χ4n) is 2.66. The van der Waals surface area contributed by atoms with Crippen LogP contribution in [0.4, 0.5) is 10.2 Å². The van der Waals surface area contributed by atoms with E-state index in [4.69, 9.17) is 0 Å². The molecule has 0 unspecified atom stereocenters. The second-order valence-electron chi connectivity index (χ2n) is 5.58. The Morgan fingerprint density at radius 2 is 1.96 bits per heavy atom. The SMILES string of the molecule is Cc1nc2ccc(-c3ccccc3F)nn2c1C(=O)Nc1cccnn1. The standard InChI is InChI=1S/C18H13FN6O/c1-11-17(18(26)22-15-7-4-10-20-23-15)25-16(21-11)9-8-14(24-25)12-5-2-3-6-13(12)19/h2-10H,1H3,(H,22,23,26). The summed E-state index contributed by atoms with van der Waals surface area (Å²) in [5.41, 5.74) is 2.00. The summed E-state index contributed by atoms with van der Waals surface area (Å²) in [5.74, 6) is -0.493. The summed E-state index contributed by atoms with van der Waals surface area (Å²) in [5, 5.41) is 14.6. The van der Waals surface area contributed by atoms with Crippen molar-refractivity contribution in [1.82, 2.24) is 24.8 Å². The highest BCUT2D eigenvalue weighted by molar-refractivity contribution is 6.03. The molecule has 0 saturated carbocycles. The van der Waals surface area contributed by atoms with Gasteiger partial charge < -0.3 is 5.32 Å². The van der Waals surface area contributed by atoms with Gasteiger partial charge in [0, 0.05) is 11.8 Å². The van der Waals surface area contributed by atoms with E-state index in [0.29, 0.717) is 28.4 Å². The van der Waals surface area contributed by atoms with Gasteiger partial charge in [0.15, 0.2) is 17.2 Å². The summed E-state index contributed by atoms with van der Waals surface area (Å²) in [6.45, 7) is 1.71. The topological polar surface area (TPSA) is 85.1 Å². The van der Waals surface area contributed by atoms with Crippen LogP contribution in [0.1, 0.15) is 16.2 Å². The van der Waals surface area contributed by atoms with Gasteiger partial charge in [0.1, 0.15) is 5.82 Å². The van der Waals surface area contributed by atoms with E-state index in [0.717, 1.165) is 0 Å². The third kappa shape index (κ3) is 2.77. The van der Waals surface area contributed by atoms with Gasteiger partial charge in [0.2, 0.25) is 0 Å². The van der Waals surface area contributed by atoms with Crippen LogP contribution >= 0.6 is 0 Å². The van der Waals surface area contributed by atoms with Gasteiger partial charge in [-0.3, -0.25) is 4.79 Å². The lowest BCUT2D eigenvalue weighted by Gasteiger charge is -2.06. The summed E-state index contributed by atoms with van der Waals surface area (Å²) < 4.78 is 15.5. The maximum atomic E-state index is 14.1. The number of aromatic nitrogens is 5. The Hall–Kier alpha value is -3.68. The molecule has 0 radical (unpaired) electrons. The average molecular weight is 348 g/mol. The molecule has 0 bridgehead atoms. The zero-order valence-electron chi connectivity index (χ0n) is 13.7. The highest BCUT2D eigenvalue weighted by Crippen LogP contribution is 2.22. The van der Waals surface area contributed by atoms with Gasteiger partial charge in [-0.15, -0.1) is 5.10 Å². The largest absolute Gasteiger partial charge is 0.304 e. The summed E-state index contributed by atoms with van der Waals surface area (Å²) in [4.78, 5) is 17.0. The lowest BCUT2D eigenvalue weighted by Crippen LogP contribution is -2.17. The molecule has 0 saturated heterocycles. The molecule has 0 atom stereocenters. The van der Waals surface area contributed by atoms with E-state index in [1.807, 2.05) is 0 Å². The summed E-state index contributed by atoms with van der Waals surface area (Å²) in [7, 11) is 0. The molecule has 8 heteroatoms. The smallest absolute Gasteiger partial charge is 0.277 e. The molecular formula is C18H13FN6O. The van der Waals surface area contributed by atoms with Crippen molar-refractivity contribution in [2.24, 2.45) is 0 Å². The van der Waals surface area contributed by atoms with Crippen molar-refractivity contribution >= 4 is 17.4 Å². The van der Waals surface area contributed by atoms with Gasteiger partial charge >= 0.3 is 0 Å². The molecule has 3 aromatic heterocycles. The van der Waals surface area contributed by atoms with Crippen LogP contribution in [0.15, 0.2) is 54.7 Å². The summed E-state index contributed by atoms with van der Waals surface area (Å²) in [6.07, 6.45) is 1.51. The third-order valence-electron chi connectivity index (χ3n) is 3.83. The lowest BCUT2D eigenvalue weighted by atomic mass is 10.1. The molecule has 0 fully saturated rings. The van der Waals surface area contributed by atoms with Gasteiger partial charge in [0.05, 0.1) is 11.4 Å². The molecular weight excluding hydrogens is 335 g/mol. The van der Waals surface area contributed by atoms with Crippen molar-refractivity contribution in [2.45, 2.75) is 6.92 Å². The van der Waals surface area contributed by atoms with Crippen LogP contribution in [-0.2, 0) is 0 Å². The molecule has 4 aromatic rings. The Kier molecular flexibility index (Phi) is 3.85. The summed E-state index contributed by atoms with van der Waals surface area (Å²) >= 11 is 0. The van der Waals surface area contributed by atoms with Crippen molar-refractivity contribution in [1.29, 1.82) is 0 Å². The molecule has 1 N–H and O–H groups in total. The first kappa shape index (κ1) is 15.8. The van der Waals surface area contributed by atoms with E-state index in [1.165, 1.54) is 16.8 Å². The molecule has 0 aliphatic rings. The third-order valence-corrected chi connectivity index (χ3v) is 3.83. The van der Waals surface area contributed by atoms with E-state index in [-0.39, 0.29) is 11.5 Å². The molecule has 0 spiro atoms. The number of halogens is 1. The number of benzene rings is 1. The van der Waals surface area contributed by atoms with E-state index in [2.05, 4.69) is 25.6 Å². The van der Waals surface area contributed by atoms with Crippen LogP contribution in [0, 0.1) is 12.7 Å². The number of aryl methyl sites for hydroxylation is 1. The van der Waals surface area contributed by atoms with Crippen LogP contribution < -0.4 is 5.32 Å². The molecule has 3 heterocycles. The highest BCUT2D eigenvalue weighted by atomic mass is 19.1. The average Bonchev–Trinajstić information content (AvgIpc) is 2.98. The second-order valence-corrected chi connectivity index (χ2v) is 5.58. The zero-order valence-corrected chi connectivity index (χ0v) is 13.7. The maximum absolute atomic E-state index is 14.1. The number of hydrogen-bond acceptors (Lipinski definition) is 5. The van der Waals surface area contributed by atoms with E-state index in [9.17, 15) is 9.18 Å². The molecule has 0 aliphatic heterocycles. The minimum absolute atomic E-state index is 0.254. The molecule has 0 aliphatic carbocycles. The first-order chi connectivity index (χ1) is 12.6. The van der Waals surface area contributed by atoms with Gasteiger partial charge in [-0.25, -0.2) is 13.9 Å². The Morgan fingerprint density at radius 1 is 1.12 bits per heavy atom. The fourth-order valence-corrected chi connectivity index (χ4v) is 2.66. The van der Waals surface area contributed by atoms with Crippen LogP contribution in [0.3, 0.4) is 0 Å². The fraction of sp³-hybridized carbons (Fsp3) is 0.0556. The van der Waals surface area contributed by atoms with Crippen molar-refractivity contribution < 1.29 is 9.18 Å². The molecule has 1 aromatic carbocycles. The Bertz CT molecular complexity index is 1110. The molecule has 7 nitrogen and oxygen atoms in total. The monoisotopic (exact) mass is 348 g/mol. The van der Waals surface area contributed by atoms with Gasteiger partial charge in [-0.2, -0.15) is 10.2 Å². The number of anilines is 1. The number of nitrogens with one attached hydrogen (secondary N) is 1. The molecule has 128 valence electrons. The minimum atomic E-state index is -0.423. The highest BCUT2D eigenvalue weighted by Gasteiger charge is 2.19. The van der Waals surface area contributed by atoms with Gasteiger partial charge in [0.25, 0.3) is 5.91 Å². The number of rotatable bonds is 3. The Balaban J connectivity index is 1.79. The lowest BCUT2D eigenvalue weighted by molar-refractivity contribution is 0.101. The molecule has 1 amide bonds. The van der Waals surface area contributed by atoms with Crippen LogP contribution in [0.5, 0.6) is 0 Å². The first-order valence-corrected chi connectivity index (χ1v) is 7.84. The second kappa shape index (κ2) is 6.32. The quantitative estimate of drug-likeness (QED) is 0.615. The van der Waals surface area contributed by atoms with E-state index in [1.54, 1.807) is 49.4 Å². The van der Waals surface area contributed by atoms with Crippen molar-refractivity contribution in [3.05, 3.63) is 71.9 Å². The van der Waals surface area contributed by atoms with Crippen molar-refractivity contribution in [2.75, 3.05) is 5.32 Å². The number of amides is 1. The number of nitrogens with zero attached hydrogens (tertiary/aromatic N) is 5. The first-order valence-electron chi connectivity index (χ1n) is 7.84. The Morgan fingerprint density at radius 3 is 2.73 bits per heavy atom.